The maximum Gasteiger partial charge on any atom is 0.263 e. The Morgan fingerprint density at radius 1 is 0.865 bits per heavy atom. The molecular formula is C30H30N2O5. The zero-order valence-corrected chi connectivity index (χ0v) is 21.0. The van der Waals surface area contributed by atoms with Gasteiger partial charge >= 0.3 is 0 Å². The number of aliphatic hydroxyl groups is 2. The van der Waals surface area contributed by atoms with Crippen molar-refractivity contribution in [1.29, 1.82) is 0 Å². The maximum absolute atomic E-state index is 13.7. The third kappa shape index (κ3) is 3.86. The number of amides is 2. The van der Waals surface area contributed by atoms with Crippen LogP contribution >= 0.6 is 0 Å². The van der Waals surface area contributed by atoms with Gasteiger partial charge in [-0.3, -0.25) is 23.9 Å². The number of carbonyl (C=O) groups is 2. The first-order chi connectivity index (χ1) is 17.8. The van der Waals surface area contributed by atoms with Crippen molar-refractivity contribution in [2.45, 2.75) is 39.2 Å². The number of hydrogen-bond acceptors (Lipinski definition) is 5. The zero-order valence-electron chi connectivity index (χ0n) is 21.0. The molecule has 190 valence electrons. The van der Waals surface area contributed by atoms with E-state index in [0.29, 0.717) is 56.0 Å². The Labute approximate surface area is 214 Å². The van der Waals surface area contributed by atoms with Crippen molar-refractivity contribution in [2.75, 3.05) is 13.2 Å². The molecule has 1 aliphatic rings. The van der Waals surface area contributed by atoms with Crippen LogP contribution in [0.1, 0.15) is 53.0 Å². The fourth-order valence-corrected chi connectivity index (χ4v) is 5.49. The van der Waals surface area contributed by atoms with E-state index in [1.54, 1.807) is 28.8 Å². The molecule has 2 heterocycles. The Kier molecular flexibility index (Phi) is 6.43. The summed E-state index contributed by atoms with van der Waals surface area (Å²) in [5.41, 5.74) is 2.22. The van der Waals surface area contributed by atoms with Crippen LogP contribution in [0, 0.1) is 5.92 Å². The molecule has 5 rings (SSSR count). The summed E-state index contributed by atoms with van der Waals surface area (Å²) in [5.74, 6) is -0.581. The normalized spacial score (nSPS) is 15.1. The van der Waals surface area contributed by atoms with Crippen molar-refractivity contribution in [2.24, 2.45) is 5.92 Å². The average Bonchev–Trinajstić information content (AvgIpc) is 2.89. The smallest absolute Gasteiger partial charge is 0.263 e. The first-order valence-electron chi connectivity index (χ1n) is 12.6. The Morgan fingerprint density at radius 3 is 2.05 bits per heavy atom. The lowest BCUT2D eigenvalue weighted by Gasteiger charge is -2.32. The monoisotopic (exact) mass is 498 g/mol. The highest BCUT2D eigenvalue weighted by molar-refractivity contribution is 6.30. The molecule has 2 amide bonds. The lowest BCUT2D eigenvalue weighted by Crippen LogP contribution is -2.48. The molecule has 2 N–H and O–H groups in total. The Bertz CT molecular complexity index is 1550. The van der Waals surface area contributed by atoms with Crippen molar-refractivity contribution >= 4 is 39.9 Å². The number of carbonyl (C=O) groups excluding carboxylic acids is 2. The summed E-state index contributed by atoms with van der Waals surface area (Å²) in [7, 11) is 0. The van der Waals surface area contributed by atoms with Crippen LogP contribution in [0.15, 0.2) is 53.3 Å². The number of aliphatic hydroxyl groups excluding tert-OH is 2. The highest BCUT2D eigenvalue weighted by atomic mass is 16.3. The lowest BCUT2D eigenvalue weighted by molar-refractivity contribution is 0.0466. The standard InChI is InChI=1S/C30H30N2O5/c1-4-20(16-34)32-29(36)24-10-9-22-18(3)31(21-7-5-19(6-8-21)15-17(2)13-14-33)28(35)23-11-12-25(30(32)37)27(24)26(22)23/h5-12,17,20,33-34H,3-4,13-16H2,1-2H3. The van der Waals surface area contributed by atoms with Gasteiger partial charge in [-0.1, -0.05) is 38.6 Å². The third-order valence-corrected chi connectivity index (χ3v) is 7.52. The summed E-state index contributed by atoms with van der Waals surface area (Å²) < 4.78 is 1.57. The molecule has 2 atom stereocenters. The summed E-state index contributed by atoms with van der Waals surface area (Å²) in [6, 6.07) is 13.8. The second kappa shape index (κ2) is 9.57. The van der Waals surface area contributed by atoms with Crippen LogP contribution in [0.3, 0.4) is 0 Å². The molecule has 0 fully saturated rings. The van der Waals surface area contributed by atoms with Crippen molar-refractivity contribution < 1.29 is 19.8 Å². The Balaban J connectivity index is 1.68. The van der Waals surface area contributed by atoms with E-state index >= 15 is 0 Å². The summed E-state index contributed by atoms with van der Waals surface area (Å²) in [6.07, 6.45) is 2.00. The van der Waals surface area contributed by atoms with Gasteiger partial charge in [0, 0.05) is 50.3 Å². The second-order valence-electron chi connectivity index (χ2n) is 9.87. The summed E-state index contributed by atoms with van der Waals surface area (Å²) in [6.45, 7) is 7.97. The topological polar surface area (TPSA) is 99.8 Å². The van der Waals surface area contributed by atoms with E-state index in [1.807, 2.05) is 31.2 Å². The van der Waals surface area contributed by atoms with Gasteiger partial charge in [-0.2, -0.15) is 0 Å². The molecule has 0 saturated heterocycles. The molecule has 0 saturated carbocycles. The molecule has 7 nitrogen and oxygen atoms in total. The number of hydrogen-bond donors (Lipinski definition) is 2. The molecule has 4 aromatic rings. The predicted octanol–water partition coefficient (Wildman–Crippen LogP) is 3.20. The van der Waals surface area contributed by atoms with Crippen LogP contribution < -0.4 is 10.9 Å². The van der Waals surface area contributed by atoms with E-state index in [4.69, 9.17) is 5.11 Å². The average molecular weight is 499 g/mol. The van der Waals surface area contributed by atoms with E-state index in [9.17, 15) is 19.5 Å². The van der Waals surface area contributed by atoms with Gasteiger partial charge in [0.05, 0.1) is 12.6 Å². The largest absolute Gasteiger partial charge is 0.396 e. The van der Waals surface area contributed by atoms with Crippen LogP contribution in [0.25, 0.3) is 33.8 Å². The van der Waals surface area contributed by atoms with Gasteiger partial charge in [0.25, 0.3) is 17.4 Å². The van der Waals surface area contributed by atoms with Crippen LogP contribution in [-0.4, -0.2) is 50.8 Å². The van der Waals surface area contributed by atoms with E-state index in [1.165, 1.54) is 0 Å². The fraction of sp³-hybridized carbons (Fsp3) is 0.300. The maximum atomic E-state index is 13.7. The van der Waals surface area contributed by atoms with E-state index in [2.05, 4.69) is 13.5 Å². The van der Waals surface area contributed by atoms with Gasteiger partial charge in [-0.05, 0) is 61.1 Å². The van der Waals surface area contributed by atoms with Crippen molar-refractivity contribution in [3.05, 3.63) is 80.9 Å². The minimum absolute atomic E-state index is 0.158. The molecule has 1 aromatic heterocycles. The minimum Gasteiger partial charge on any atom is -0.396 e. The van der Waals surface area contributed by atoms with E-state index < -0.39 is 17.9 Å². The predicted molar refractivity (Wildman–Crippen MR) is 144 cm³/mol. The molecule has 2 unspecified atom stereocenters. The number of pyridine rings is 1. The first-order valence-corrected chi connectivity index (χ1v) is 12.6. The van der Waals surface area contributed by atoms with Gasteiger partial charge in [0.15, 0.2) is 0 Å². The van der Waals surface area contributed by atoms with Crippen molar-refractivity contribution in [3.8, 4) is 5.69 Å². The van der Waals surface area contributed by atoms with Gasteiger partial charge in [-0.25, -0.2) is 0 Å². The van der Waals surface area contributed by atoms with Crippen LogP contribution in [-0.2, 0) is 6.42 Å². The first kappa shape index (κ1) is 24.9. The number of benzene rings is 3. The third-order valence-electron chi connectivity index (χ3n) is 7.52. The van der Waals surface area contributed by atoms with Crippen LogP contribution in [0.5, 0.6) is 0 Å². The number of rotatable bonds is 8. The molecule has 3 aromatic carbocycles. The highest BCUT2D eigenvalue weighted by Crippen LogP contribution is 2.35. The molecule has 0 radical (unpaired) electrons. The summed E-state index contributed by atoms with van der Waals surface area (Å²) >= 11 is 0. The van der Waals surface area contributed by atoms with Gasteiger partial charge in [0.2, 0.25) is 0 Å². The highest BCUT2D eigenvalue weighted by Gasteiger charge is 2.37. The quantitative estimate of drug-likeness (QED) is 0.364. The van der Waals surface area contributed by atoms with E-state index in [-0.39, 0.29) is 18.8 Å². The lowest BCUT2D eigenvalue weighted by atomic mass is 9.89. The summed E-state index contributed by atoms with van der Waals surface area (Å²) in [5, 5.41) is 21.5. The number of aromatic nitrogens is 1. The van der Waals surface area contributed by atoms with E-state index in [0.717, 1.165) is 23.3 Å². The minimum atomic E-state index is -0.614. The molecular weight excluding hydrogens is 468 g/mol. The molecule has 7 heteroatoms. The second-order valence-corrected chi connectivity index (χ2v) is 9.87. The SMILES string of the molecule is C=c1c2ccc3c4c(ccc(c(=O)n1-c1ccc(CC(C)CCO)cc1)c42)C(=O)N(C(CC)CO)C3=O. The molecule has 37 heavy (non-hydrogen) atoms. The Hall–Kier alpha value is -3.81. The zero-order chi connectivity index (χ0) is 26.4. The number of nitrogens with zero attached hydrogens (tertiary/aromatic N) is 2. The number of imide groups is 1. The Morgan fingerprint density at radius 2 is 1.49 bits per heavy atom. The van der Waals surface area contributed by atoms with Crippen molar-refractivity contribution in [1.82, 2.24) is 9.47 Å². The van der Waals surface area contributed by atoms with Crippen molar-refractivity contribution in [3.63, 3.8) is 0 Å². The molecule has 0 bridgehead atoms. The fourth-order valence-electron chi connectivity index (χ4n) is 5.49. The summed E-state index contributed by atoms with van der Waals surface area (Å²) in [4.78, 5) is 41.6. The molecule has 0 spiro atoms. The van der Waals surface area contributed by atoms with Crippen LogP contribution in [0.4, 0.5) is 0 Å². The molecule has 0 aliphatic carbocycles. The van der Waals surface area contributed by atoms with Gasteiger partial charge < -0.3 is 10.2 Å². The van der Waals surface area contributed by atoms with Gasteiger partial charge in [0.1, 0.15) is 0 Å². The molecule has 1 aliphatic heterocycles. The van der Waals surface area contributed by atoms with Gasteiger partial charge in [-0.15, -0.1) is 0 Å². The van der Waals surface area contributed by atoms with Crippen LogP contribution in [0.2, 0.25) is 0 Å².